The fourth-order valence-corrected chi connectivity index (χ4v) is 3.31. The molecule has 0 aliphatic heterocycles. The van der Waals surface area contributed by atoms with E-state index in [9.17, 15) is 9.59 Å². The van der Waals surface area contributed by atoms with E-state index in [4.69, 9.17) is 0 Å². The van der Waals surface area contributed by atoms with Gasteiger partial charge in [0.25, 0.3) is 11.5 Å². The lowest BCUT2D eigenvalue weighted by molar-refractivity contribution is 0.0956. The average Bonchev–Trinajstić information content (AvgIpc) is 2.82. The highest BCUT2D eigenvalue weighted by Crippen LogP contribution is 2.26. The van der Waals surface area contributed by atoms with Gasteiger partial charge in [-0.1, -0.05) is 19.8 Å². The Morgan fingerprint density at radius 3 is 2.81 bits per heavy atom. The van der Waals surface area contributed by atoms with Gasteiger partial charge in [-0.15, -0.1) is 11.3 Å². The Balaban J connectivity index is 2.29. The largest absolute Gasteiger partial charge is 0.351 e. The molecule has 0 unspecified atom stereocenters. The lowest BCUT2D eigenvalue weighted by atomic mass is 10.2. The first kappa shape index (κ1) is 15.7. The van der Waals surface area contributed by atoms with E-state index in [1.54, 1.807) is 10.9 Å². The second-order valence-corrected chi connectivity index (χ2v) is 6.03. The van der Waals surface area contributed by atoms with Crippen LogP contribution in [-0.4, -0.2) is 22.0 Å². The molecular formula is C15H21N3O2S. The van der Waals surface area contributed by atoms with Crippen molar-refractivity contribution in [2.45, 2.75) is 46.6 Å². The third-order valence-electron chi connectivity index (χ3n) is 3.53. The van der Waals surface area contributed by atoms with Gasteiger partial charge in [-0.05, 0) is 25.8 Å². The van der Waals surface area contributed by atoms with Gasteiger partial charge in [0.15, 0.2) is 0 Å². The predicted octanol–water partition coefficient (Wildman–Crippen LogP) is 2.71. The second-order valence-electron chi connectivity index (χ2n) is 5.04. The summed E-state index contributed by atoms with van der Waals surface area (Å²) in [6.45, 7) is 7.10. The van der Waals surface area contributed by atoms with Crippen molar-refractivity contribution in [1.82, 2.24) is 14.9 Å². The Bertz CT molecular complexity index is 703. The van der Waals surface area contributed by atoms with Crippen LogP contribution >= 0.6 is 11.3 Å². The quantitative estimate of drug-likeness (QED) is 0.835. The summed E-state index contributed by atoms with van der Waals surface area (Å²) in [5, 5.41) is 3.49. The molecule has 0 saturated carbocycles. The van der Waals surface area contributed by atoms with Crippen molar-refractivity contribution in [3.8, 4) is 0 Å². The summed E-state index contributed by atoms with van der Waals surface area (Å²) in [5.74, 6) is -0.103. The number of nitrogens with zero attached hydrogens (tertiary/aromatic N) is 2. The minimum atomic E-state index is -0.103. The van der Waals surface area contributed by atoms with Crippen molar-refractivity contribution in [3.05, 3.63) is 27.1 Å². The Labute approximate surface area is 128 Å². The minimum absolute atomic E-state index is 0.0683. The Morgan fingerprint density at radius 2 is 2.14 bits per heavy atom. The molecule has 2 aromatic heterocycles. The van der Waals surface area contributed by atoms with Gasteiger partial charge in [-0.3, -0.25) is 14.2 Å². The SMILES string of the molecule is CCCCCNC(=O)c1sc2ncn(CC)c(=O)c2c1C. The standard InChI is InChI=1S/C15H21N3O2S/c1-4-6-7-8-16-13(19)12-10(3)11-14(21-12)17-9-18(5-2)15(11)20/h9H,4-8H2,1-3H3,(H,16,19). The maximum Gasteiger partial charge on any atom is 0.262 e. The monoisotopic (exact) mass is 307 g/mol. The number of fused-ring (bicyclic) bond motifs is 1. The number of aromatic nitrogens is 2. The highest BCUT2D eigenvalue weighted by atomic mass is 32.1. The fraction of sp³-hybridized carbons (Fsp3) is 0.533. The van der Waals surface area contributed by atoms with Crippen molar-refractivity contribution < 1.29 is 4.79 Å². The van der Waals surface area contributed by atoms with Crippen LogP contribution in [0.15, 0.2) is 11.1 Å². The Kier molecular flexibility index (Phi) is 5.12. The molecule has 2 aromatic rings. The molecule has 0 saturated heterocycles. The molecule has 114 valence electrons. The molecule has 21 heavy (non-hydrogen) atoms. The number of nitrogens with one attached hydrogen (secondary N) is 1. The van der Waals surface area contributed by atoms with Crippen LogP contribution in [0.25, 0.3) is 10.2 Å². The number of amides is 1. The molecule has 0 aromatic carbocycles. The molecule has 0 spiro atoms. The van der Waals surface area contributed by atoms with Gasteiger partial charge in [0.05, 0.1) is 16.6 Å². The highest BCUT2D eigenvalue weighted by Gasteiger charge is 2.18. The van der Waals surface area contributed by atoms with Gasteiger partial charge in [-0.25, -0.2) is 4.98 Å². The third-order valence-corrected chi connectivity index (χ3v) is 4.73. The van der Waals surface area contributed by atoms with E-state index in [0.29, 0.717) is 28.2 Å². The molecule has 1 amide bonds. The first-order valence-corrected chi connectivity index (χ1v) is 8.18. The van der Waals surface area contributed by atoms with E-state index in [-0.39, 0.29) is 11.5 Å². The van der Waals surface area contributed by atoms with Crippen LogP contribution < -0.4 is 10.9 Å². The molecule has 0 aliphatic rings. The van der Waals surface area contributed by atoms with Crippen molar-refractivity contribution >= 4 is 27.5 Å². The Hall–Kier alpha value is -1.69. The lowest BCUT2D eigenvalue weighted by Gasteiger charge is -2.03. The molecule has 0 fully saturated rings. The number of aryl methyl sites for hydroxylation is 2. The van der Waals surface area contributed by atoms with E-state index in [1.165, 1.54) is 11.3 Å². The number of hydrogen-bond acceptors (Lipinski definition) is 4. The van der Waals surface area contributed by atoms with Gasteiger partial charge >= 0.3 is 0 Å². The lowest BCUT2D eigenvalue weighted by Crippen LogP contribution is -2.24. The van der Waals surface area contributed by atoms with Crippen molar-refractivity contribution in [3.63, 3.8) is 0 Å². The highest BCUT2D eigenvalue weighted by molar-refractivity contribution is 7.20. The zero-order valence-electron chi connectivity index (χ0n) is 12.7. The van der Waals surface area contributed by atoms with Crippen LogP contribution in [0.3, 0.4) is 0 Å². The topological polar surface area (TPSA) is 64.0 Å². The molecular weight excluding hydrogens is 286 g/mol. The van der Waals surface area contributed by atoms with E-state index < -0.39 is 0 Å². The van der Waals surface area contributed by atoms with Gasteiger partial charge in [0.1, 0.15) is 4.83 Å². The molecule has 2 heterocycles. The summed E-state index contributed by atoms with van der Waals surface area (Å²) in [7, 11) is 0. The van der Waals surface area contributed by atoms with Gasteiger partial charge < -0.3 is 5.32 Å². The molecule has 2 rings (SSSR count). The summed E-state index contributed by atoms with van der Waals surface area (Å²) in [4.78, 5) is 30.1. The van der Waals surface area contributed by atoms with Crippen LogP contribution in [0.5, 0.6) is 0 Å². The smallest absolute Gasteiger partial charge is 0.262 e. The summed E-state index contributed by atoms with van der Waals surface area (Å²) < 4.78 is 1.56. The normalized spacial score (nSPS) is 11.0. The minimum Gasteiger partial charge on any atom is -0.351 e. The van der Waals surface area contributed by atoms with E-state index >= 15 is 0 Å². The number of carbonyl (C=O) groups excluding carboxylic acids is 1. The summed E-state index contributed by atoms with van der Waals surface area (Å²) in [6.07, 6.45) is 4.75. The van der Waals surface area contributed by atoms with E-state index in [1.807, 2.05) is 13.8 Å². The zero-order valence-corrected chi connectivity index (χ0v) is 13.5. The van der Waals surface area contributed by atoms with Crippen LogP contribution in [-0.2, 0) is 6.54 Å². The molecule has 0 aliphatic carbocycles. The Morgan fingerprint density at radius 1 is 1.38 bits per heavy atom. The zero-order chi connectivity index (χ0) is 15.4. The molecule has 0 atom stereocenters. The fourth-order valence-electron chi connectivity index (χ4n) is 2.26. The second kappa shape index (κ2) is 6.85. The van der Waals surface area contributed by atoms with Crippen LogP contribution in [0.4, 0.5) is 0 Å². The third kappa shape index (κ3) is 3.15. The number of thiophene rings is 1. The summed E-state index contributed by atoms with van der Waals surface area (Å²) >= 11 is 1.29. The van der Waals surface area contributed by atoms with Gasteiger partial charge in [0.2, 0.25) is 0 Å². The van der Waals surface area contributed by atoms with Crippen LogP contribution in [0, 0.1) is 6.92 Å². The van der Waals surface area contributed by atoms with Gasteiger partial charge in [0, 0.05) is 13.1 Å². The first-order valence-electron chi connectivity index (χ1n) is 7.36. The number of rotatable bonds is 6. The van der Waals surface area contributed by atoms with Gasteiger partial charge in [-0.2, -0.15) is 0 Å². The summed E-state index contributed by atoms with van der Waals surface area (Å²) in [5.41, 5.74) is 0.671. The van der Waals surface area contributed by atoms with Crippen molar-refractivity contribution in [1.29, 1.82) is 0 Å². The van der Waals surface area contributed by atoms with E-state index in [0.717, 1.165) is 24.8 Å². The first-order chi connectivity index (χ1) is 10.1. The molecule has 5 nitrogen and oxygen atoms in total. The van der Waals surface area contributed by atoms with Crippen LogP contribution in [0.1, 0.15) is 48.3 Å². The number of unbranched alkanes of at least 4 members (excludes halogenated alkanes) is 2. The molecule has 0 bridgehead atoms. The maximum absolute atomic E-state index is 12.3. The maximum atomic E-state index is 12.3. The number of hydrogen-bond donors (Lipinski definition) is 1. The molecule has 1 N–H and O–H groups in total. The van der Waals surface area contributed by atoms with Crippen molar-refractivity contribution in [2.75, 3.05) is 6.54 Å². The van der Waals surface area contributed by atoms with Crippen molar-refractivity contribution in [2.24, 2.45) is 0 Å². The average molecular weight is 307 g/mol. The van der Waals surface area contributed by atoms with Crippen LogP contribution in [0.2, 0.25) is 0 Å². The number of carbonyl (C=O) groups is 1. The predicted molar refractivity (Wildman–Crippen MR) is 86.1 cm³/mol. The summed E-state index contributed by atoms with van der Waals surface area (Å²) in [6, 6.07) is 0. The molecule has 0 radical (unpaired) electrons. The van der Waals surface area contributed by atoms with E-state index in [2.05, 4.69) is 17.2 Å². The molecule has 6 heteroatoms.